The van der Waals surface area contributed by atoms with Gasteiger partial charge in [0.15, 0.2) is 23.0 Å². The molecule has 5 rings (SSSR count). The summed E-state index contributed by atoms with van der Waals surface area (Å²) in [7, 11) is 3.30. The summed E-state index contributed by atoms with van der Waals surface area (Å²) in [4.78, 5) is 2.24. The second-order valence-corrected chi connectivity index (χ2v) is 7.29. The van der Waals surface area contributed by atoms with Crippen LogP contribution in [0.25, 0.3) is 11.3 Å². The van der Waals surface area contributed by atoms with Gasteiger partial charge in [0.05, 0.1) is 14.2 Å². The summed E-state index contributed by atoms with van der Waals surface area (Å²) in [6, 6.07) is 8.18. The number of nitrogens with zero attached hydrogens (tertiary/aromatic N) is 1. The van der Waals surface area contributed by atoms with Crippen molar-refractivity contribution >= 4 is 22.9 Å². The lowest BCUT2D eigenvalue weighted by Crippen LogP contribution is -2.34. The van der Waals surface area contributed by atoms with Crippen molar-refractivity contribution in [3.05, 3.63) is 46.5 Å². The summed E-state index contributed by atoms with van der Waals surface area (Å²) in [5, 5.41) is 0. The number of allylic oxidation sites excluding steroid dienone is 1. The number of halogens is 1. The van der Waals surface area contributed by atoms with Gasteiger partial charge in [0.25, 0.3) is 0 Å². The van der Waals surface area contributed by atoms with Crippen molar-refractivity contribution in [3.8, 4) is 23.0 Å². The highest BCUT2D eigenvalue weighted by molar-refractivity contribution is 6.22. The molecule has 2 aromatic rings. The van der Waals surface area contributed by atoms with Crippen LogP contribution in [0.3, 0.4) is 0 Å². The number of alkyl halides is 1. The van der Waals surface area contributed by atoms with Crippen LogP contribution < -0.4 is 18.9 Å². The standard InChI is InChI=1S/C21H20ClNO4/c1-11-13-4-5-15(24-2)20(25-3)18(13)21(22)23-7-6-12-8-16-17(27-10-26-16)9-14(12)19(11)23/h4-5,8-9,21H,6-7,10H2,1-3H3. The van der Waals surface area contributed by atoms with Crippen molar-refractivity contribution < 1.29 is 18.9 Å². The first-order chi connectivity index (χ1) is 13.1. The third-order valence-corrected chi connectivity index (χ3v) is 6.07. The minimum Gasteiger partial charge on any atom is -0.493 e. The first-order valence-electron chi connectivity index (χ1n) is 8.93. The molecule has 0 radical (unpaired) electrons. The van der Waals surface area contributed by atoms with Crippen molar-refractivity contribution in [2.45, 2.75) is 18.8 Å². The largest absolute Gasteiger partial charge is 0.493 e. The van der Waals surface area contributed by atoms with E-state index in [2.05, 4.69) is 30.0 Å². The lowest BCUT2D eigenvalue weighted by atomic mass is 9.85. The van der Waals surface area contributed by atoms with Crippen LogP contribution in [0.1, 0.15) is 34.7 Å². The summed E-state index contributed by atoms with van der Waals surface area (Å²) in [5.74, 6) is 3.01. The number of ether oxygens (including phenoxy) is 4. The van der Waals surface area contributed by atoms with Crippen LogP contribution in [-0.4, -0.2) is 32.5 Å². The van der Waals surface area contributed by atoms with Crippen LogP contribution in [0.2, 0.25) is 0 Å². The summed E-state index contributed by atoms with van der Waals surface area (Å²) in [6.07, 6.45) is 0.896. The number of hydrogen-bond donors (Lipinski definition) is 0. The molecule has 0 fully saturated rings. The number of fused-ring (bicyclic) bond motifs is 5. The molecular weight excluding hydrogens is 366 g/mol. The van der Waals surface area contributed by atoms with Crippen LogP contribution in [0.15, 0.2) is 24.3 Å². The van der Waals surface area contributed by atoms with E-state index in [0.717, 1.165) is 46.9 Å². The fraction of sp³-hybridized carbons (Fsp3) is 0.333. The Morgan fingerprint density at radius 1 is 1.07 bits per heavy atom. The minimum absolute atomic E-state index is 0.276. The quantitative estimate of drug-likeness (QED) is 0.565. The monoisotopic (exact) mass is 385 g/mol. The Morgan fingerprint density at radius 2 is 1.85 bits per heavy atom. The normalized spacial score (nSPS) is 19.4. The molecule has 6 heteroatoms. The Labute approximate surface area is 163 Å². The average Bonchev–Trinajstić information content (AvgIpc) is 3.15. The van der Waals surface area contributed by atoms with E-state index in [4.69, 9.17) is 30.5 Å². The zero-order valence-corrected chi connectivity index (χ0v) is 16.2. The van der Waals surface area contributed by atoms with Crippen molar-refractivity contribution in [2.75, 3.05) is 27.6 Å². The van der Waals surface area contributed by atoms with Gasteiger partial charge in [0.2, 0.25) is 6.79 Å². The molecule has 3 heterocycles. The van der Waals surface area contributed by atoms with Crippen molar-refractivity contribution in [2.24, 2.45) is 0 Å². The van der Waals surface area contributed by atoms with Crippen LogP contribution in [-0.2, 0) is 6.42 Å². The summed E-state index contributed by atoms with van der Waals surface area (Å²) in [5.41, 5.74) is 6.46. The maximum atomic E-state index is 6.98. The highest BCUT2D eigenvalue weighted by Gasteiger charge is 2.38. The van der Waals surface area contributed by atoms with Crippen LogP contribution in [0, 0.1) is 0 Å². The molecule has 0 amide bonds. The van der Waals surface area contributed by atoms with Gasteiger partial charge >= 0.3 is 0 Å². The molecule has 0 saturated heterocycles. The van der Waals surface area contributed by atoms with E-state index < -0.39 is 0 Å². The van der Waals surface area contributed by atoms with Crippen LogP contribution >= 0.6 is 11.6 Å². The minimum atomic E-state index is -0.331. The number of hydrogen-bond acceptors (Lipinski definition) is 5. The molecule has 0 saturated carbocycles. The Kier molecular flexibility index (Phi) is 3.69. The van der Waals surface area contributed by atoms with Gasteiger partial charge in [-0.1, -0.05) is 17.7 Å². The molecule has 0 aromatic heterocycles. The summed E-state index contributed by atoms with van der Waals surface area (Å²) >= 11 is 6.98. The van der Waals surface area contributed by atoms with E-state index in [0.29, 0.717) is 11.5 Å². The van der Waals surface area contributed by atoms with Gasteiger partial charge in [-0.15, -0.1) is 0 Å². The van der Waals surface area contributed by atoms with Crippen molar-refractivity contribution in [1.82, 2.24) is 4.90 Å². The number of methoxy groups -OCH3 is 2. The molecule has 1 atom stereocenters. The number of rotatable bonds is 2. The topological polar surface area (TPSA) is 40.2 Å². The van der Waals surface area contributed by atoms with Crippen molar-refractivity contribution in [1.29, 1.82) is 0 Å². The Bertz CT molecular complexity index is 985. The van der Waals surface area contributed by atoms with Gasteiger partial charge in [-0.05, 0) is 48.2 Å². The molecule has 5 nitrogen and oxygen atoms in total. The molecule has 0 spiro atoms. The molecule has 2 aromatic carbocycles. The van der Waals surface area contributed by atoms with E-state index in [1.807, 2.05) is 6.07 Å². The van der Waals surface area contributed by atoms with Gasteiger partial charge in [0.1, 0.15) is 5.50 Å². The third-order valence-electron chi connectivity index (χ3n) is 5.62. The highest BCUT2D eigenvalue weighted by atomic mass is 35.5. The molecule has 1 unspecified atom stereocenters. The first kappa shape index (κ1) is 16.6. The fourth-order valence-electron chi connectivity index (χ4n) is 4.36. The van der Waals surface area contributed by atoms with E-state index in [1.54, 1.807) is 14.2 Å². The molecular formula is C21H20ClNO4. The van der Waals surface area contributed by atoms with Crippen LogP contribution in [0.5, 0.6) is 23.0 Å². The third kappa shape index (κ3) is 2.24. The van der Waals surface area contributed by atoms with Gasteiger partial charge in [-0.3, -0.25) is 0 Å². The van der Waals surface area contributed by atoms with Gasteiger partial charge in [-0.25, -0.2) is 0 Å². The second-order valence-electron chi connectivity index (χ2n) is 6.88. The zero-order valence-electron chi connectivity index (χ0n) is 15.5. The fourth-order valence-corrected chi connectivity index (χ4v) is 4.77. The Hall–Kier alpha value is -2.53. The average molecular weight is 386 g/mol. The maximum Gasteiger partial charge on any atom is 0.231 e. The first-order valence-corrected chi connectivity index (χ1v) is 9.37. The molecule has 0 aliphatic carbocycles. The Balaban J connectivity index is 1.76. The summed E-state index contributed by atoms with van der Waals surface area (Å²) in [6.45, 7) is 3.24. The van der Waals surface area contributed by atoms with E-state index in [-0.39, 0.29) is 12.3 Å². The van der Waals surface area contributed by atoms with Crippen molar-refractivity contribution in [3.63, 3.8) is 0 Å². The molecule has 3 aliphatic rings. The zero-order chi connectivity index (χ0) is 18.7. The molecule has 0 N–H and O–H groups in total. The highest BCUT2D eigenvalue weighted by Crippen LogP contribution is 2.53. The Morgan fingerprint density at radius 3 is 2.59 bits per heavy atom. The molecule has 3 aliphatic heterocycles. The smallest absolute Gasteiger partial charge is 0.231 e. The lowest BCUT2D eigenvalue weighted by molar-refractivity contribution is 0.174. The molecule has 140 valence electrons. The molecule has 27 heavy (non-hydrogen) atoms. The summed E-state index contributed by atoms with van der Waals surface area (Å²) < 4.78 is 22.3. The van der Waals surface area contributed by atoms with Gasteiger partial charge in [0, 0.05) is 23.4 Å². The van der Waals surface area contributed by atoms with Gasteiger partial charge < -0.3 is 23.8 Å². The predicted octanol–water partition coefficient (Wildman–Crippen LogP) is 4.43. The second kappa shape index (κ2) is 5.99. The lowest BCUT2D eigenvalue weighted by Gasteiger charge is -2.42. The van der Waals surface area contributed by atoms with E-state index >= 15 is 0 Å². The van der Waals surface area contributed by atoms with Crippen LogP contribution in [0.4, 0.5) is 0 Å². The van der Waals surface area contributed by atoms with Gasteiger partial charge in [-0.2, -0.15) is 0 Å². The van der Waals surface area contributed by atoms with E-state index in [1.165, 1.54) is 11.1 Å². The molecule has 0 bridgehead atoms. The SMILES string of the molecule is COc1ccc2c(c1OC)C(Cl)N1CCc3cc4c(cc3C1=C2C)OCO4. The van der Waals surface area contributed by atoms with E-state index in [9.17, 15) is 0 Å². The predicted molar refractivity (Wildman–Crippen MR) is 104 cm³/mol. The maximum absolute atomic E-state index is 6.98. The number of benzene rings is 2.